The summed E-state index contributed by atoms with van der Waals surface area (Å²) in [5, 5.41) is 0.408. The number of para-hydroxylation sites is 2. The zero-order valence-corrected chi connectivity index (χ0v) is 26.0. The van der Waals surface area contributed by atoms with Crippen molar-refractivity contribution in [3.05, 3.63) is 109 Å². The minimum atomic E-state index is -0.288. The monoisotopic (exact) mass is 650 g/mol. The van der Waals surface area contributed by atoms with E-state index in [0.717, 1.165) is 45.6 Å². The first-order chi connectivity index (χ1) is 19.7. The van der Waals surface area contributed by atoms with Crippen LogP contribution in [-0.4, -0.2) is 10.2 Å². The van der Waals surface area contributed by atoms with Gasteiger partial charge in [-0.05, 0) is 85.6 Å². The second-order valence-corrected chi connectivity index (χ2v) is 12.3. The van der Waals surface area contributed by atoms with Crippen molar-refractivity contribution in [1.29, 1.82) is 0 Å². The highest BCUT2D eigenvalue weighted by atomic mass is 32.2. The molecule has 0 bridgehead atoms. The summed E-state index contributed by atoms with van der Waals surface area (Å²) < 4.78 is 11.4. The lowest BCUT2D eigenvalue weighted by molar-refractivity contribution is -0.118. The molecule has 0 spiro atoms. The number of hydrogen-bond donors (Lipinski definition) is 0. The number of benzene rings is 4. The fourth-order valence-electron chi connectivity index (χ4n) is 3.17. The molecule has 4 nitrogen and oxygen atoms in total. The molecule has 0 radical (unpaired) electrons. The maximum absolute atomic E-state index is 12.2. The Morgan fingerprint density at radius 1 is 0.600 bits per heavy atom. The first-order valence-corrected chi connectivity index (χ1v) is 15.4. The average Bonchev–Trinajstić information content (AvgIpc) is 3.00. The SMILES string of the molecule is C.C.C.C.CCC(C)(C)C(=O)Sc1ccc(Oc2ccccc2)cc1.CCC(C)C(=O)Sc1ccc(Oc2ccccc2)cc1. The quantitative estimate of drug-likeness (QED) is 0.159. The van der Waals surface area contributed by atoms with Crippen LogP contribution in [0.1, 0.15) is 77.2 Å². The fraction of sp³-hybridized carbons (Fsp3) is 0.333. The lowest BCUT2D eigenvalue weighted by atomic mass is 9.92. The Hall–Kier alpha value is -3.48. The molecule has 0 fully saturated rings. The number of hydrogen-bond acceptors (Lipinski definition) is 6. The zero-order chi connectivity index (χ0) is 29.7. The van der Waals surface area contributed by atoms with Gasteiger partial charge in [-0.3, -0.25) is 9.59 Å². The number of carbonyl (C=O) groups is 2. The molecule has 0 amide bonds. The van der Waals surface area contributed by atoms with Gasteiger partial charge in [-0.15, -0.1) is 0 Å². The van der Waals surface area contributed by atoms with Crippen LogP contribution in [0.5, 0.6) is 23.0 Å². The highest BCUT2D eigenvalue weighted by molar-refractivity contribution is 8.14. The predicted molar refractivity (Wildman–Crippen MR) is 198 cm³/mol. The molecule has 0 aliphatic carbocycles. The number of rotatable bonds is 10. The first-order valence-electron chi connectivity index (χ1n) is 13.8. The van der Waals surface area contributed by atoms with Crippen molar-refractivity contribution in [3.8, 4) is 23.0 Å². The van der Waals surface area contributed by atoms with E-state index in [9.17, 15) is 9.59 Å². The summed E-state index contributed by atoms with van der Waals surface area (Å²) in [6.45, 7) is 9.99. The Labute approximate surface area is 282 Å². The van der Waals surface area contributed by atoms with Gasteiger partial charge in [0.2, 0.25) is 0 Å². The van der Waals surface area contributed by atoms with E-state index in [1.807, 2.05) is 144 Å². The van der Waals surface area contributed by atoms with Crippen molar-refractivity contribution < 1.29 is 19.1 Å². The topological polar surface area (TPSA) is 52.6 Å². The summed E-state index contributed by atoms with van der Waals surface area (Å²) in [6.07, 6.45) is 1.72. The third-order valence-corrected chi connectivity index (χ3v) is 8.84. The van der Waals surface area contributed by atoms with Gasteiger partial charge in [0.15, 0.2) is 10.2 Å². The van der Waals surface area contributed by atoms with Gasteiger partial charge >= 0.3 is 0 Å². The van der Waals surface area contributed by atoms with Gasteiger partial charge in [0, 0.05) is 21.1 Å². The molecule has 1 atom stereocenters. The molecular weight excluding hydrogens is 597 g/mol. The van der Waals surface area contributed by atoms with E-state index >= 15 is 0 Å². The Bertz CT molecular complexity index is 1350. The van der Waals surface area contributed by atoms with Crippen molar-refractivity contribution in [2.75, 3.05) is 0 Å². The largest absolute Gasteiger partial charge is 0.457 e. The first kappa shape index (κ1) is 43.6. The van der Waals surface area contributed by atoms with Crippen LogP contribution in [-0.2, 0) is 9.59 Å². The summed E-state index contributed by atoms with van der Waals surface area (Å²) in [6, 6.07) is 34.5. The van der Waals surface area contributed by atoms with E-state index in [4.69, 9.17) is 9.47 Å². The summed E-state index contributed by atoms with van der Waals surface area (Å²) >= 11 is 2.59. The maximum Gasteiger partial charge on any atom is 0.199 e. The molecule has 0 aliphatic rings. The van der Waals surface area contributed by atoms with Gasteiger partial charge in [-0.25, -0.2) is 0 Å². The highest BCUT2D eigenvalue weighted by Crippen LogP contribution is 2.33. The minimum Gasteiger partial charge on any atom is -0.457 e. The van der Waals surface area contributed by atoms with Gasteiger partial charge in [0.05, 0.1) is 0 Å². The van der Waals surface area contributed by atoms with Gasteiger partial charge in [-0.1, -0.05) is 124 Å². The van der Waals surface area contributed by atoms with Crippen LogP contribution in [0.2, 0.25) is 0 Å². The van der Waals surface area contributed by atoms with Crippen molar-refractivity contribution in [3.63, 3.8) is 0 Å². The van der Waals surface area contributed by atoms with Gasteiger partial charge in [-0.2, -0.15) is 0 Å². The molecule has 0 heterocycles. The Morgan fingerprint density at radius 2 is 0.956 bits per heavy atom. The Balaban J connectivity index is 0. The highest BCUT2D eigenvalue weighted by Gasteiger charge is 2.26. The van der Waals surface area contributed by atoms with Crippen molar-refractivity contribution >= 4 is 33.8 Å². The zero-order valence-electron chi connectivity index (χ0n) is 24.3. The molecule has 0 aliphatic heterocycles. The standard InChI is InChI=1S/C18H20O2S.C17H18O2S.4CH4/c1-4-18(2,3)17(19)21-16-12-10-15(11-13-16)20-14-8-6-5-7-9-14;1-3-13(2)17(18)20-16-11-9-15(10-12-16)19-14-7-5-4-6-8-14;;;;/h5-13H,4H2,1-3H3;4-13H,3H2,1-2H3;4*1H4. The average molecular weight is 651 g/mol. The second kappa shape index (κ2) is 22.1. The number of thioether (sulfide) groups is 2. The molecule has 4 aromatic rings. The van der Waals surface area contributed by atoms with Crippen LogP contribution >= 0.6 is 23.5 Å². The summed E-state index contributed by atoms with van der Waals surface area (Å²) in [7, 11) is 0. The molecule has 4 rings (SSSR count). The summed E-state index contributed by atoms with van der Waals surface area (Å²) in [5.74, 6) is 3.26. The molecule has 1 unspecified atom stereocenters. The normalized spacial score (nSPS) is 10.5. The van der Waals surface area contributed by atoms with Crippen LogP contribution in [0, 0.1) is 11.3 Å². The third-order valence-electron chi connectivity index (χ3n) is 6.49. The third kappa shape index (κ3) is 14.9. The maximum atomic E-state index is 12.2. The van der Waals surface area contributed by atoms with E-state index in [0.29, 0.717) is 0 Å². The van der Waals surface area contributed by atoms with Gasteiger partial charge < -0.3 is 9.47 Å². The smallest absolute Gasteiger partial charge is 0.199 e. The van der Waals surface area contributed by atoms with Gasteiger partial charge in [0.1, 0.15) is 23.0 Å². The molecule has 6 heteroatoms. The number of carbonyl (C=O) groups excluding carboxylic acids is 2. The van der Waals surface area contributed by atoms with Crippen molar-refractivity contribution in [2.24, 2.45) is 11.3 Å². The lowest BCUT2D eigenvalue weighted by Crippen LogP contribution is -2.19. The molecule has 246 valence electrons. The minimum absolute atomic E-state index is 0. The molecule has 0 saturated carbocycles. The Kier molecular flexibility index (Phi) is 21.4. The van der Waals surface area contributed by atoms with E-state index in [1.165, 1.54) is 23.5 Å². The number of ether oxygens (including phenoxy) is 2. The van der Waals surface area contributed by atoms with Crippen molar-refractivity contribution in [2.45, 2.75) is 87.0 Å². The molecule has 0 aromatic heterocycles. The van der Waals surface area contributed by atoms with Crippen LogP contribution in [0.4, 0.5) is 0 Å². The van der Waals surface area contributed by atoms with E-state index in [1.54, 1.807) is 0 Å². The van der Waals surface area contributed by atoms with Crippen LogP contribution in [0.15, 0.2) is 119 Å². The van der Waals surface area contributed by atoms with Crippen LogP contribution in [0.3, 0.4) is 0 Å². The van der Waals surface area contributed by atoms with Crippen LogP contribution in [0.25, 0.3) is 0 Å². The van der Waals surface area contributed by atoms with Crippen LogP contribution < -0.4 is 9.47 Å². The van der Waals surface area contributed by atoms with Crippen molar-refractivity contribution in [1.82, 2.24) is 0 Å². The van der Waals surface area contributed by atoms with E-state index in [-0.39, 0.29) is 51.3 Å². The lowest BCUT2D eigenvalue weighted by Gasteiger charge is -2.19. The molecule has 4 aromatic carbocycles. The van der Waals surface area contributed by atoms with Gasteiger partial charge in [0.25, 0.3) is 0 Å². The summed E-state index contributed by atoms with van der Waals surface area (Å²) in [4.78, 5) is 25.9. The predicted octanol–water partition coefficient (Wildman–Crippen LogP) is 13.2. The molecule has 0 saturated heterocycles. The molecule has 45 heavy (non-hydrogen) atoms. The fourth-order valence-corrected chi connectivity index (χ4v) is 4.95. The Morgan fingerprint density at radius 3 is 1.31 bits per heavy atom. The van der Waals surface area contributed by atoms with E-state index < -0.39 is 0 Å². The molecule has 0 N–H and O–H groups in total. The molecular formula is C39H54O4S2. The second-order valence-electron chi connectivity index (χ2n) is 10.1. The summed E-state index contributed by atoms with van der Waals surface area (Å²) in [5.41, 5.74) is -0.288. The van der Waals surface area contributed by atoms with E-state index in [2.05, 4.69) is 0 Å².